The van der Waals surface area contributed by atoms with Crippen molar-refractivity contribution in [3.63, 3.8) is 0 Å². The van der Waals surface area contributed by atoms with Crippen LogP contribution in [0.3, 0.4) is 0 Å². The van der Waals surface area contributed by atoms with Gasteiger partial charge in [0.25, 0.3) is 0 Å². The largest absolute Gasteiger partial charge is 0.394 e. The van der Waals surface area contributed by atoms with Crippen LogP contribution in [0.15, 0.2) is 0 Å². The number of hydroxylamine groups is 2. The number of amides is 1. The van der Waals surface area contributed by atoms with Crippen molar-refractivity contribution in [1.82, 2.24) is 10.4 Å². The summed E-state index contributed by atoms with van der Waals surface area (Å²) in [6.45, 7) is 1.43. The summed E-state index contributed by atoms with van der Waals surface area (Å²) < 4.78 is 5.71. The minimum absolute atomic E-state index is 0.349. The molecule has 154 valence electrons. The van der Waals surface area contributed by atoms with E-state index >= 15 is 0 Å². The quantitative estimate of drug-likeness (QED) is 0.253. The Bertz CT molecular complexity index is 407. The number of hydrogen-bond acceptors (Lipinski definition) is 9. The number of hydrogen-bond donors (Lipinski definition) is 4. The van der Waals surface area contributed by atoms with Crippen LogP contribution in [0.2, 0.25) is 0 Å². The maximum absolute atomic E-state index is 11.5. The Morgan fingerprint density at radius 1 is 1.23 bits per heavy atom. The SMILES string of the molecule is CON(CCCSCCCSC)[C@@H]1O[C@H](CO)[C@@H](O)[C@H](O)[C@H]1NC(C)=O. The van der Waals surface area contributed by atoms with E-state index in [1.807, 2.05) is 23.5 Å². The van der Waals surface area contributed by atoms with Gasteiger partial charge in [-0.2, -0.15) is 28.6 Å². The molecule has 5 atom stereocenters. The molecule has 0 aromatic carbocycles. The predicted octanol–water partition coefficient (Wildman–Crippen LogP) is -0.330. The number of aliphatic hydroxyl groups is 3. The second-order valence-electron chi connectivity index (χ2n) is 6.09. The number of thioether (sulfide) groups is 2. The number of aliphatic hydroxyl groups excluding tert-OH is 3. The molecule has 1 rings (SSSR count). The minimum Gasteiger partial charge on any atom is -0.394 e. The third kappa shape index (κ3) is 7.51. The third-order valence-corrected chi connectivity index (χ3v) is 5.94. The first-order valence-corrected chi connectivity index (χ1v) is 11.3. The first-order valence-electron chi connectivity index (χ1n) is 8.73. The molecule has 0 radical (unpaired) electrons. The minimum atomic E-state index is -1.29. The lowest BCUT2D eigenvalue weighted by molar-refractivity contribution is -0.304. The van der Waals surface area contributed by atoms with E-state index in [1.165, 1.54) is 20.5 Å². The van der Waals surface area contributed by atoms with Crippen LogP contribution in [-0.2, 0) is 14.4 Å². The lowest BCUT2D eigenvalue weighted by Crippen LogP contribution is -2.67. The van der Waals surface area contributed by atoms with E-state index in [2.05, 4.69) is 11.6 Å². The molecule has 0 aromatic rings. The van der Waals surface area contributed by atoms with E-state index < -0.39 is 37.2 Å². The van der Waals surface area contributed by atoms with Gasteiger partial charge in [-0.15, -0.1) is 0 Å². The standard InChI is InChI=1S/C16H32N2O6S2/c1-11(20)17-13-15(22)14(21)12(10-19)24-16(13)18(23-2)6-4-8-26-9-5-7-25-3/h12-16,19,21-22H,4-10H2,1-3H3,(H,17,20)/t12-,13-,14-,15-,16-/m1/s1. The van der Waals surface area contributed by atoms with E-state index in [4.69, 9.17) is 9.57 Å². The molecule has 0 bridgehead atoms. The molecule has 0 aromatic heterocycles. The van der Waals surface area contributed by atoms with Gasteiger partial charge in [-0.05, 0) is 36.4 Å². The summed E-state index contributed by atoms with van der Waals surface area (Å²) >= 11 is 3.72. The molecular weight excluding hydrogens is 380 g/mol. The molecule has 4 N–H and O–H groups in total. The Morgan fingerprint density at radius 3 is 2.50 bits per heavy atom. The molecule has 1 heterocycles. The number of carbonyl (C=O) groups is 1. The molecule has 8 nitrogen and oxygen atoms in total. The average Bonchev–Trinajstić information content (AvgIpc) is 2.62. The molecule has 1 aliphatic rings. The second-order valence-corrected chi connectivity index (χ2v) is 8.30. The van der Waals surface area contributed by atoms with Crippen LogP contribution >= 0.6 is 23.5 Å². The van der Waals surface area contributed by atoms with Gasteiger partial charge in [0.1, 0.15) is 18.3 Å². The van der Waals surface area contributed by atoms with Gasteiger partial charge in [-0.1, -0.05) is 0 Å². The maximum atomic E-state index is 11.5. The summed E-state index contributed by atoms with van der Waals surface area (Å²) in [6.07, 6.45) is -0.195. The van der Waals surface area contributed by atoms with Crippen molar-refractivity contribution in [2.45, 2.75) is 50.3 Å². The molecule has 0 aliphatic carbocycles. The third-order valence-electron chi connectivity index (χ3n) is 4.09. The van der Waals surface area contributed by atoms with Crippen molar-refractivity contribution in [2.24, 2.45) is 0 Å². The molecule has 0 spiro atoms. The fourth-order valence-electron chi connectivity index (χ4n) is 2.79. The van der Waals surface area contributed by atoms with Crippen LogP contribution in [0.4, 0.5) is 0 Å². The molecule has 0 unspecified atom stereocenters. The molecule has 1 saturated heterocycles. The zero-order chi connectivity index (χ0) is 19.5. The van der Waals surface area contributed by atoms with Gasteiger partial charge < -0.3 is 25.4 Å². The lowest BCUT2D eigenvalue weighted by atomic mass is 9.95. The second kappa shape index (κ2) is 13.2. The number of ether oxygens (including phenoxy) is 1. The van der Waals surface area contributed by atoms with E-state index in [1.54, 1.807) is 5.06 Å². The van der Waals surface area contributed by atoms with Gasteiger partial charge in [0.2, 0.25) is 5.91 Å². The van der Waals surface area contributed by atoms with Crippen molar-refractivity contribution in [3.8, 4) is 0 Å². The Hall–Kier alpha value is -0.0700. The number of nitrogens with one attached hydrogen (secondary N) is 1. The van der Waals surface area contributed by atoms with Crippen molar-refractivity contribution < 1.29 is 29.7 Å². The lowest BCUT2D eigenvalue weighted by Gasteiger charge is -2.45. The summed E-state index contributed by atoms with van der Waals surface area (Å²) in [7, 11) is 1.49. The van der Waals surface area contributed by atoms with Gasteiger partial charge in [0.15, 0.2) is 6.23 Å². The monoisotopic (exact) mass is 412 g/mol. The van der Waals surface area contributed by atoms with Crippen LogP contribution in [0.25, 0.3) is 0 Å². The zero-order valence-corrected chi connectivity index (χ0v) is 17.3. The van der Waals surface area contributed by atoms with Gasteiger partial charge in [0.05, 0.1) is 19.8 Å². The highest BCUT2D eigenvalue weighted by molar-refractivity contribution is 7.99. The summed E-state index contributed by atoms with van der Waals surface area (Å²) in [4.78, 5) is 16.9. The average molecular weight is 413 g/mol. The Morgan fingerprint density at radius 2 is 1.92 bits per heavy atom. The first kappa shape index (κ1) is 24.0. The molecular formula is C16H32N2O6S2. The molecule has 1 fully saturated rings. The smallest absolute Gasteiger partial charge is 0.217 e. The van der Waals surface area contributed by atoms with Crippen molar-refractivity contribution in [1.29, 1.82) is 0 Å². The molecule has 10 heteroatoms. The Labute approximate surface area is 163 Å². The Kier molecular flexibility index (Phi) is 12.1. The summed E-state index contributed by atoms with van der Waals surface area (Å²) in [5.41, 5.74) is 0. The number of nitrogens with zero attached hydrogens (tertiary/aromatic N) is 1. The van der Waals surface area contributed by atoms with Crippen LogP contribution in [0.5, 0.6) is 0 Å². The van der Waals surface area contributed by atoms with E-state index in [9.17, 15) is 20.1 Å². The highest BCUT2D eigenvalue weighted by Crippen LogP contribution is 2.24. The van der Waals surface area contributed by atoms with Gasteiger partial charge in [-0.3, -0.25) is 9.63 Å². The van der Waals surface area contributed by atoms with E-state index in [0.717, 1.165) is 23.7 Å². The van der Waals surface area contributed by atoms with Crippen molar-refractivity contribution in [3.05, 3.63) is 0 Å². The fourth-order valence-corrected chi connectivity index (χ4v) is 4.29. The topological polar surface area (TPSA) is 111 Å². The molecule has 0 saturated carbocycles. The van der Waals surface area contributed by atoms with Gasteiger partial charge >= 0.3 is 0 Å². The normalized spacial score (nSPS) is 29.1. The Balaban J connectivity index is 2.62. The summed E-state index contributed by atoms with van der Waals surface area (Å²) in [5.74, 6) is 2.88. The fraction of sp³-hybridized carbons (Fsp3) is 0.938. The zero-order valence-electron chi connectivity index (χ0n) is 15.7. The van der Waals surface area contributed by atoms with Gasteiger partial charge in [-0.25, -0.2) is 0 Å². The van der Waals surface area contributed by atoms with Crippen molar-refractivity contribution in [2.75, 3.05) is 43.8 Å². The predicted molar refractivity (Wildman–Crippen MR) is 104 cm³/mol. The van der Waals surface area contributed by atoms with Crippen LogP contribution in [0.1, 0.15) is 19.8 Å². The summed E-state index contributed by atoms with van der Waals surface area (Å²) in [5, 5.41) is 34.0. The van der Waals surface area contributed by atoms with Gasteiger partial charge in [0, 0.05) is 13.5 Å². The highest BCUT2D eigenvalue weighted by Gasteiger charge is 2.47. The van der Waals surface area contributed by atoms with Crippen LogP contribution in [0, 0.1) is 0 Å². The molecule has 26 heavy (non-hydrogen) atoms. The van der Waals surface area contributed by atoms with E-state index in [-0.39, 0.29) is 5.91 Å². The summed E-state index contributed by atoms with van der Waals surface area (Å²) in [6, 6.07) is -0.862. The van der Waals surface area contributed by atoms with E-state index in [0.29, 0.717) is 6.54 Å². The molecule has 1 amide bonds. The first-order chi connectivity index (χ1) is 12.5. The number of carbonyl (C=O) groups excluding carboxylic acids is 1. The van der Waals surface area contributed by atoms with Crippen LogP contribution < -0.4 is 5.32 Å². The maximum Gasteiger partial charge on any atom is 0.217 e. The highest BCUT2D eigenvalue weighted by atomic mass is 32.2. The van der Waals surface area contributed by atoms with Crippen LogP contribution in [-0.4, -0.2) is 101 Å². The number of rotatable bonds is 12. The van der Waals surface area contributed by atoms with Crippen molar-refractivity contribution >= 4 is 29.4 Å². The molecule has 1 aliphatic heterocycles.